The zero-order valence-electron chi connectivity index (χ0n) is 20.5. The predicted octanol–water partition coefficient (Wildman–Crippen LogP) is 4.39. The number of imide groups is 1. The number of nitrogens with one attached hydrogen (secondary N) is 1. The van der Waals surface area contributed by atoms with Gasteiger partial charge in [0.05, 0.1) is 5.69 Å². The van der Waals surface area contributed by atoms with Crippen LogP contribution in [0.25, 0.3) is 0 Å². The van der Waals surface area contributed by atoms with Crippen LogP contribution in [-0.2, 0) is 16.1 Å². The third kappa shape index (κ3) is 5.14. The summed E-state index contributed by atoms with van der Waals surface area (Å²) < 4.78 is 0. The lowest BCUT2D eigenvalue weighted by Gasteiger charge is -2.34. The number of carbonyl (C=O) groups is 3. The van der Waals surface area contributed by atoms with Gasteiger partial charge in [-0.3, -0.25) is 19.3 Å². The molecule has 5 rings (SSSR count). The Kier molecular flexibility index (Phi) is 7.08. The topological polar surface area (TPSA) is 73.0 Å². The molecular weight excluding hydrogens is 488 g/mol. The Hall–Kier alpha value is -3.94. The first-order valence-electron chi connectivity index (χ1n) is 12.2. The van der Waals surface area contributed by atoms with Gasteiger partial charge in [-0.25, -0.2) is 4.90 Å². The van der Waals surface area contributed by atoms with Crippen LogP contribution in [0.4, 0.5) is 11.4 Å². The van der Waals surface area contributed by atoms with Crippen molar-refractivity contribution in [1.29, 1.82) is 0 Å². The molecule has 0 unspecified atom stereocenters. The first-order valence-corrected chi connectivity index (χ1v) is 12.6. The fourth-order valence-electron chi connectivity index (χ4n) is 4.65. The van der Waals surface area contributed by atoms with Gasteiger partial charge in [-0.05, 0) is 42.3 Å². The number of rotatable bonds is 6. The Morgan fingerprint density at radius 3 is 2.30 bits per heavy atom. The number of nitrogens with zero attached hydrogens (tertiary/aromatic N) is 3. The van der Waals surface area contributed by atoms with E-state index in [4.69, 9.17) is 11.6 Å². The largest absolute Gasteiger partial charge is 0.350 e. The van der Waals surface area contributed by atoms with Gasteiger partial charge in [0.1, 0.15) is 10.7 Å². The van der Waals surface area contributed by atoms with Gasteiger partial charge in [-0.2, -0.15) is 0 Å². The quantitative estimate of drug-likeness (QED) is 0.494. The van der Waals surface area contributed by atoms with Crippen LogP contribution in [0.5, 0.6) is 0 Å². The molecule has 1 N–H and O–H groups in total. The van der Waals surface area contributed by atoms with Crippen molar-refractivity contribution in [2.45, 2.75) is 13.5 Å². The molecule has 0 aromatic heterocycles. The molecule has 0 atom stereocenters. The fraction of sp³-hybridized carbons (Fsp3) is 0.207. The molecule has 0 bridgehead atoms. The molecule has 0 radical (unpaired) electrons. The van der Waals surface area contributed by atoms with E-state index in [-0.39, 0.29) is 16.6 Å². The molecule has 7 nitrogen and oxygen atoms in total. The summed E-state index contributed by atoms with van der Waals surface area (Å²) in [5.41, 5.74) is 3.54. The van der Waals surface area contributed by atoms with Gasteiger partial charge in [-0.1, -0.05) is 66.2 Å². The number of amides is 3. The zero-order valence-corrected chi connectivity index (χ0v) is 21.2. The summed E-state index contributed by atoms with van der Waals surface area (Å²) in [6.07, 6.45) is 0. The van der Waals surface area contributed by atoms with Crippen molar-refractivity contribution in [3.05, 3.63) is 106 Å². The minimum absolute atomic E-state index is 0.00551. The maximum absolute atomic E-state index is 13.2. The first-order chi connectivity index (χ1) is 17.9. The van der Waals surface area contributed by atoms with E-state index in [1.165, 1.54) is 5.56 Å². The molecular formula is C29H27ClN4O3. The summed E-state index contributed by atoms with van der Waals surface area (Å²) in [6, 6.07) is 24.4. The third-order valence-corrected chi connectivity index (χ3v) is 7.02. The van der Waals surface area contributed by atoms with Crippen LogP contribution in [0.1, 0.15) is 21.5 Å². The van der Waals surface area contributed by atoms with E-state index >= 15 is 0 Å². The van der Waals surface area contributed by atoms with Crippen molar-refractivity contribution in [1.82, 2.24) is 9.80 Å². The first kappa shape index (κ1) is 24.7. The average Bonchev–Trinajstić information content (AvgIpc) is 3.13. The van der Waals surface area contributed by atoms with Crippen LogP contribution < -0.4 is 10.2 Å². The number of halogens is 1. The van der Waals surface area contributed by atoms with Gasteiger partial charge >= 0.3 is 0 Å². The van der Waals surface area contributed by atoms with Crippen molar-refractivity contribution in [2.24, 2.45) is 0 Å². The lowest BCUT2D eigenvalue weighted by atomic mass is 10.1. The lowest BCUT2D eigenvalue weighted by Crippen LogP contribution is -2.48. The molecule has 2 aliphatic heterocycles. The molecule has 2 heterocycles. The number of piperazine rings is 1. The Morgan fingerprint density at radius 2 is 1.57 bits per heavy atom. The van der Waals surface area contributed by atoms with Crippen LogP contribution in [0, 0.1) is 6.92 Å². The van der Waals surface area contributed by atoms with Crippen molar-refractivity contribution in [3.63, 3.8) is 0 Å². The standard InChI is InChI=1S/C29H27ClN4O3/c1-20-8-5-6-13-24(20)34-28(36)25(30)26(29(34)37)31-23-12-7-11-22(18-23)27(35)33-16-14-32(15-17-33)19-21-9-3-2-4-10-21/h2-13,18,31H,14-17,19H2,1H3. The summed E-state index contributed by atoms with van der Waals surface area (Å²) in [7, 11) is 0. The number of hydrogen-bond acceptors (Lipinski definition) is 5. The Balaban J connectivity index is 1.25. The lowest BCUT2D eigenvalue weighted by molar-refractivity contribution is -0.120. The second-order valence-electron chi connectivity index (χ2n) is 9.18. The third-order valence-electron chi connectivity index (χ3n) is 6.67. The van der Waals surface area contributed by atoms with Crippen LogP contribution >= 0.6 is 11.6 Å². The highest BCUT2D eigenvalue weighted by Gasteiger charge is 2.39. The van der Waals surface area contributed by atoms with Crippen LogP contribution in [0.3, 0.4) is 0 Å². The van der Waals surface area contributed by atoms with E-state index in [2.05, 4.69) is 22.3 Å². The molecule has 0 spiro atoms. The van der Waals surface area contributed by atoms with Crippen LogP contribution in [-0.4, -0.2) is 53.7 Å². The smallest absolute Gasteiger partial charge is 0.283 e. The molecule has 37 heavy (non-hydrogen) atoms. The van der Waals surface area contributed by atoms with E-state index in [1.807, 2.05) is 42.2 Å². The van der Waals surface area contributed by atoms with Gasteiger partial charge in [-0.15, -0.1) is 0 Å². The minimum Gasteiger partial charge on any atom is -0.350 e. The molecule has 0 aliphatic carbocycles. The SMILES string of the molecule is Cc1ccccc1N1C(=O)C(Cl)=C(Nc2cccc(C(=O)N3CCN(Cc4ccccc4)CC3)c2)C1=O. The van der Waals surface area contributed by atoms with Gasteiger partial charge in [0.2, 0.25) is 0 Å². The predicted molar refractivity (Wildman–Crippen MR) is 144 cm³/mol. The summed E-state index contributed by atoms with van der Waals surface area (Å²) in [4.78, 5) is 44.4. The van der Waals surface area contributed by atoms with Crippen molar-refractivity contribution in [2.75, 3.05) is 36.4 Å². The number of hydrogen-bond donors (Lipinski definition) is 1. The Labute approximate surface area is 220 Å². The highest BCUT2D eigenvalue weighted by atomic mass is 35.5. The summed E-state index contributed by atoms with van der Waals surface area (Å²) in [6.45, 7) is 5.56. The maximum Gasteiger partial charge on any atom is 0.283 e. The van der Waals surface area contributed by atoms with Gasteiger partial charge in [0.25, 0.3) is 17.7 Å². The van der Waals surface area contributed by atoms with E-state index in [1.54, 1.807) is 36.4 Å². The molecule has 0 saturated carbocycles. The highest BCUT2D eigenvalue weighted by molar-refractivity contribution is 6.53. The number of benzene rings is 3. The van der Waals surface area contributed by atoms with Crippen LogP contribution in [0.15, 0.2) is 89.6 Å². The Morgan fingerprint density at radius 1 is 0.865 bits per heavy atom. The second kappa shape index (κ2) is 10.6. The average molecular weight is 515 g/mol. The molecule has 1 fully saturated rings. The molecule has 1 saturated heterocycles. The Bertz CT molecular complexity index is 1380. The van der Waals surface area contributed by atoms with Crippen molar-refractivity contribution < 1.29 is 14.4 Å². The molecule has 3 aromatic rings. The van der Waals surface area contributed by atoms with E-state index in [9.17, 15) is 14.4 Å². The molecule has 3 aromatic carbocycles. The van der Waals surface area contributed by atoms with Gasteiger partial charge in [0.15, 0.2) is 0 Å². The molecule has 8 heteroatoms. The van der Waals surface area contributed by atoms with Crippen molar-refractivity contribution in [3.8, 4) is 0 Å². The summed E-state index contributed by atoms with van der Waals surface area (Å²) >= 11 is 6.29. The maximum atomic E-state index is 13.2. The molecule has 188 valence electrons. The zero-order chi connectivity index (χ0) is 25.9. The van der Waals surface area contributed by atoms with E-state index < -0.39 is 11.8 Å². The highest BCUT2D eigenvalue weighted by Crippen LogP contribution is 2.32. The number of carbonyl (C=O) groups excluding carboxylic acids is 3. The van der Waals surface area contributed by atoms with E-state index in [0.29, 0.717) is 30.0 Å². The fourth-order valence-corrected chi connectivity index (χ4v) is 4.86. The van der Waals surface area contributed by atoms with Gasteiger partial charge in [0, 0.05) is 44.0 Å². The van der Waals surface area contributed by atoms with E-state index in [0.717, 1.165) is 30.1 Å². The summed E-state index contributed by atoms with van der Waals surface area (Å²) in [5, 5.41) is 2.80. The second-order valence-corrected chi connectivity index (χ2v) is 9.56. The van der Waals surface area contributed by atoms with Gasteiger partial charge < -0.3 is 10.2 Å². The summed E-state index contributed by atoms with van der Waals surface area (Å²) in [5.74, 6) is -1.18. The normalized spacial score (nSPS) is 16.5. The number of aryl methyl sites for hydroxylation is 1. The number of para-hydroxylation sites is 1. The van der Waals surface area contributed by atoms with Crippen molar-refractivity contribution >= 4 is 40.7 Å². The molecule has 3 amide bonds. The van der Waals surface area contributed by atoms with Crippen LogP contribution in [0.2, 0.25) is 0 Å². The minimum atomic E-state index is -0.580. The monoisotopic (exact) mass is 514 g/mol. The molecule has 2 aliphatic rings. The number of anilines is 2.